The number of halogens is 5. The van der Waals surface area contributed by atoms with E-state index < -0.39 is 23.7 Å². The summed E-state index contributed by atoms with van der Waals surface area (Å²) in [7, 11) is 0. The molecule has 0 aliphatic heterocycles. The molecule has 1 aromatic carbocycles. The molecular weight excluding hydrogens is 241 g/mol. The van der Waals surface area contributed by atoms with Gasteiger partial charge in [-0.05, 0) is 0 Å². The van der Waals surface area contributed by atoms with Crippen molar-refractivity contribution in [3.05, 3.63) is 46.8 Å². The molecule has 1 unspecified atom stereocenters. The lowest BCUT2D eigenvalue weighted by atomic mass is 10.0. The molecule has 17 heavy (non-hydrogen) atoms. The monoisotopic (exact) mass is 249 g/mol. The van der Waals surface area contributed by atoms with Crippen LogP contribution in [0.2, 0.25) is 0 Å². The van der Waals surface area contributed by atoms with Crippen LogP contribution in [0.1, 0.15) is 24.1 Å². The summed E-state index contributed by atoms with van der Waals surface area (Å²) < 4.78 is 61.9. The maximum atomic E-state index is 12.9. The third kappa shape index (κ3) is 2.54. The quantitative estimate of drug-likeness (QED) is 0.543. The Balaban J connectivity index is 3.08. The summed E-state index contributed by atoms with van der Waals surface area (Å²) in [5, 5.41) is 0. The molecule has 1 nitrogen and oxygen atoms in total. The first-order chi connectivity index (χ1) is 7.70. The first-order valence-electron chi connectivity index (χ1n) is 4.61. The maximum absolute atomic E-state index is 12.9. The second-order valence-electron chi connectivity index (χ2n) is 3.50. The number of alkyl halides is 5. The van der Waals surface area contributed by atoms with E-state index >= 15 is 0 Å². The molecule has 92 valence electrons. The summed E-state index contributed by atoms with van der Waals surface area (Å²) in [6.45, 7) is 8.25. The third-order valence-corrected chi connectivity index (χ3v) is 2.31. The molecule has 0 fully saturated rings. The number of benzene rings is 1. The van der Waals surface area contributed by atoms with Crippen LogP contribution in [0.4, 0.5) is 22.0 Å². The second-order valence-corrected chi connectivity index (χ2v) is 3.50. The molecule has 1 rings (SSSR count). The zero-order chi connectivity index (χ0) is 13.3. The van der Waals surface area contributed by atoms with Crippen LogP contribution in [0.5, 0.6) is 0 Å². The molecule has 0 radical (unpaired) electrons. The molecule has 0 aliphatic rings. The SMILES string of the molecule is [C-]#[N+]C(C)c1ccc(C(F)(F)C(F)(F)F)cc1. The minimum absolute atomic E-state index is 0.404. The molecule has 0 spiro atoms. The summed E-state index contributed by atoms with van der Waals surface area (Å²) in [6.07, 6.45) is -5.61. The molecule has 0 amide bonds. The normalized spacial score (nSPS) is 14.2. The summed E-state index contributed by atoms with van der Waals surface area (Å²) >= 11 is 0. The van der Waals surface area contributed by atoms with E-state index in [1.54, 1.807) is 0 Å². The van der Waals surface area contributed by atoms with E-state index in [4.69, 9.17) is 6.57 Å². The van der Waals surface area contributed by atoms with Crippen molar-refractivity contribution >= 4 is 0 Å². The Labute approximate surface area is 94.7 Å². The van der Waals surface area contributed by atoms with Gasteiger partial charge in [-0.25, -0.2) is 6.57 Å². The number of hydrogen-bond donors (Lipinski definition) is 0. The van der Waals surface area contributed by atoms with Gasteiger partial charge in [0.1, 0.15) is 0 Å². The van der Waals surface area contributed by atoms with Crippen molar-refractivity contribution in [1.29, 1.82) is 0 Å². The predicted molar refractivity (Wildman–Crippen MR) is 51.4 cm³/mol. The molecule has 0 bridgehead atoms. The average molecular weight is 249 g/mol. The van der Waals surface area contributed by atoms with E-state index in [-0.39, 0.29) is 0 Å². The van der Waals surface area contributed by atoms with Crippen LogP contribution in [-0.2, 0) is 5.92 Å². The molecule has 0 aromatic heterocycles. The number of hydrogen-bond acceptors (Lipinski definition) is 0. The van der Waals surface area contributed by atoms with Gasteiger partial charge in [-0.2, -0.15) is 22.0 Å². The molecule has 6 heteroatoms. The van der Waals surface area contributed by atoms with Crippen molar-refractivity contribution in [2.45, 2.75) is 25.1 Å². The highest BCUT2D eigenvalue weighted by Crippen LogP contribution is 2.43. The lowest BCUT2D eigenvalue weighted by molar-refractivity contribution is -0.289. The van der Waals surface area contributed by atoms with Crippen molar-refractivity contribution in [2.75, 3.05) is 0 Å². The Morgan fingerprint density at radius 2 is 1.53 bits per heavy atom. The van der Waals surface area contributed by atoms with Gasteiger partial charge in [-0.3, -0.25) is 0 Å². The smallest absolute Gasteiger partial charge is 0.309 e. The third-order valence-electron chi connectivity index (χ3n) is 2.31. The van der Waals surface area contributed by atoms with Crippen molar-refractivity contribution in [2.24, 2.45) is 0 Å². The summed E-state index contributed by atoms with van der Waals surface area (Å²) in [6, 6.07) is 3.05. The van der Waals surface area contributed by atoms with Crippen molar-refractivity contribution in [3.63, 3.8) is 0 Å². The maximum Gasteiger partial charge on any atom is 0.458 e. The molecular formula is C11H8F5N. The van der Waals surface area contributed by atoms with Gasteiger partial charge in [-0.1, -0.05) is 24.3 Å². The average Bonchev–Trinajstić information content (AvgIpc) is 2.26. The molecule has 1 aromatic rings. The minimum Gasteiger partial charge on any atom is -0.309 e. The van der Waals surface area contributed by atoms with Gasteiger partial charge in [0.25, 0.3) is 0 Å². The van der Waals surface area contributed by atoms with Crippen molar-refractivity contribution in [3.8, 4) is 0 Å². The fourth-order valence-corrected chi connectivity index (χ4v) is 1.21. The Morgan fingerprint density at radius 1 is 1.06 bits per heavy atom. The molecule has 0 heterocycles. The summed E-state index contributed by atoms with van der Waals surface area (Å²) in [4.78, 5) is 3.14. The largest absolute Gasteiger partial charge is 0.458 e. The number of nitrogens with zero attached hydrogens (tertiary/aromatic N) is 1. The van der Waals surface area contributed by atoms with Crippen LogP contribution >= 0.6 is 0 Å². The first-order valence-corrected chi connectivity index (χ1v) is 4.61. The van der Waals surface area contributed by atoms with E-state index in [0.717, 1.165) is 12.1 Å². The predicted octanol–water partition coefficient (Wildman–Crippen LogP) is 4.32. The van der Waals surface area contributed by atoms with Gasteiger partial charge in [-0.15, -0.1) is 0 Å². The molecule has 0 aliphatic carbocycles. The van der Waals surface area contributed by atoms with E-state index in [0.29, 0.717) is 17.7 Å². The van der Waals surface area contributed by atoms with Gasteiger partial charge in [0.05, 0.1) is 0 Å². The van der Waals surface area contributed by atoms with Crippen molar-refractivity contribution in [1.82, 2.24) is 0 Å². The Morgan fingerprint density at radius 3 is 1.88 bits per heavy atom. The highest BCUT2D eigenvalue weighted by atomic mass is 19.4. The summed E-state index contributed by atoms with van der Waals surface area (Å²) in [5.74, 6) is -4.87. The van der Waals surface area contributed by atoms with Crippen molar-refractivity contribution < 1.29 is 22.0 Å². The zero-order valence-corrected chi connectivity index (χ0v) is 8.72. The Kier molecular flexibility index (Phi) is 3.41. The van der Waals surface area contributed by atoms with Crippen LogP contribution in [0.25, 0.3) is 4.85 Å². The van der Waals surface area contributed by atoms with Gasteiger partial charge >= 0.3 is 12.1 Å². The minimum atomic E-state index is -5.61. The van der Waals surface area contributed by atoms with Gasteiger partial charge in [0, 0.05) is 18.1 Å². The topological polar surface area (TPSA) is 4.36 Å². The second kappa shape index (κ2) is 4.32. The molecule has 0 N–H and O–H groups in total. The fourth-order valence-electron chi connectivity index (χ4n) is 1.21. The lowest BCUT2D eigenvalue weighted by Crippen LogP contribution is -2.33. The van der Waals surface area contributed by atoms with E-state index in [1.807, 2.05) is 0 Å². The highest BCUT2D eigenvalue weighted by Gasteiger charge is 2.58. The molecule has 1 atom stereocenters. The van der Waals surface area contributed by atoms with E-state index in [2.05, 4.69) is 4.85 Å². The Bertz CT molecular complexity index is 427. The highest BCUT2D eigenvalue weighted by molar-refractivity contribution is 5.29. The standard InChI is InChI=1S/C11H8F5N/c1-7(17-2)8-3-5-9(6-4-8)10(12,13)11(14,15)16/h3-7H,1H3. The zero-order valence-electron chi connectivity index (χ0n) is 8.72. The van der Waals surface area contributed by atoms with E-state index in [1.165, 1.54) is 6.92 Å². The van der Waals surface area contributed by atoms with Crippen LogP contribution in [0.3, 0.4) is 0 Å². The van der Waals surface area contributed by atoms with E-state index in [9.17, 15) is 22.0 Å². The molecule has 0 saturated heterocycles. The Hall–Kier alpha value is -1.64. The van der Waals surface area contributed by atoms with Gasteiger partial charge in [0.2, 0.25) is 6.04 Å². The summed E-state index contributed by atoms with van der Waals surface area (Å²) in [5.41, 5.74) is -0.715. The van der Waals surface area contributed by atoms with Crippen LogP contribution in [0.15, 0.2) is 24.3 Å². The lowest BCUT2D eigenvalue weighted by Gasteiger charge is -2.19. The van der Waals surface area contributed by atoms with Crippen LogP contribution in [-0.4, -0.2) is 6.18 Å². The van der Waals surface area contributed by atoms with Gasteiger partial charge < -0.3 is 4.85 Å². The molecule has 0 saturated carbocycles. The fraction of sp³-hybridized carbons (Fsp3) is 0.364. The van der Waals surface area contributed by atoms with Gasteiger partial charge in [0.15, 0.2) is 0 Å². The van der Waals surface area contributed by atoms with Crippen LogP contribution < -0.4 is 0 Å². The van der Waals surface area contributed by atoms with Crippen LogP contribution in [0, 0.1) is 6.57 Å². The first kappa shape index (κ1) is 13.4. The number of rotatable bonds is 2.